The molecule has 0 saturated heterocycles. The van der Waals surface area contributed by atoms with Gasteiger partial charge < -0.3 is 22.2 Å². The number of benzene rings is 11. The largest absolute Gasteiger partial charge is 0.456 e. The van der Waals surface area contributed by atoms with Gasteiger partial charge in [-0.1, -0.05) is 146 Å². The van der Waals surface area contributed by atoms with Crippen molar-refractivity contribution in [2.24, 2.45) is 0 Å². The maximum atomic E-state index is 7.00. The van der Waals surface area contributed by atoms with Gasteiger partial charge in [-0.05, 0) is 90.0 Å². The average Bonchev–Trinajstić information content (AvgIpc) is 4.52. The first kappa shape index (κ1) is 41.9. The number of hydrogen-bond acceptors (Lipinski definition) is 7. The molecule has 0 saturated carbocycles. The molecule has 17 aromatic rings. The predicted molar refractivity (Wildman–Crippen MR) is 310 cm³/mol. The molecular weight excluding hydrogens is 949 g/mol. The van der Waals surface area contributed by atoms with Gasteiger partial charge in [-0.3, -0.25) is 0 Å². The maximum absolute atomic E-state index is 7.00. The summed E-state index contributed by atoms with van der Waals surface area (Å²) in [5.41, 5.74) is 16.0. The summed E-state index contributed by atoms with van der Waals surface area (Å²) in [5.74, 6) is 1.55. The molecule has 0 atom stereocenters. The van der Waals surface area contributed by atoms with Crippen molar-refractivity contribution in [3.05, 3.63) is 231 Å². The zero-order valence-electron chi connectivity index (χ0n) is 40.9. The Morgan fingerprint density at radius 1 is 0.260 bits per heavy atom. The van der Waals surface area contributed by atoms with E-state index in [4.69, 9.17) is 32.6 Å². The first-order valence-electron chi connectivity index (χ1n) is 25.7. The van der Waals surface area contributed by atoms with Crippen molar-refractivity contribution >= 4 is 110 Å². The molecule has 0 amide bonds. The predicted octanol–water partition coefficient (Wildman–Crippen LogP) is 18.9. The maximum Gasteiger partial charge on any atom is 0.164 e. The molecule has 6 heterocycles. The number of aromatic nitrogens is 4. The lowest BCUT2D eigenvalue weighted by Gasteiger charge is -2.21. The Kier molecular flexibility index (Phi) is 8.68. The SMILES string of the molecule is c1ccc(-c2cc(-c3nc(-c4ccc5c(c4)oc4ccccc45)nc(-c4ccc5c(c4)oc4ccccc45)n3)cc(-c3ccccc3)c2-n2c3ccccc3c3c4oc5cc6oc7ccccc7c6cc5c4ccc32)cc1. The third kappa shape index (κ3) is 6.30. The topological polar surface area (TPSA) is 96.2 Å². The Hall–Kier alpha value is -10.6. The van der Waals surface area contributed by atoms with E-state index < -0.39 is 0 Å². The Labute approximate surface area is 437 Å². The number of hydrogen-bond donors (Lipinski definition) is 0. The van der Waals surface area contributed by atoms with Crippen molar-refractivity contribution in [2.75, 3.05) is 0 Å². The second-order valence-electron chi connectivity index (χ2n) is 19.8. The lowest BCUT2D eigenvalue weighted by Crippen LogP contribution is -2.04. The minimum Gasteiger partial charge on any atom is -0.456 e. The first-order valence-corrected chi connectivity index (χ1v) is 25.7. The van der Waals surface area contributed by atoms with Gasteiger partial charge >= 0.3 is 0 Å². The van der Waals surface area contributed by atoms with Crippen LogP contribution in [0, 0.1) is 0 Å². The summed E-state index contributed by atoms with van der Waals surface area (Å²) in [7, 11) is 0. The molecule has 0 bridgehead atoms. The molecule has 17 rings (SSSR count). The van der Waals surface area contributed by atoms with Gasteiger partial charge in [0.05, 0.1) is 22.1 Å². The number of rotatable bonds is 6. The van der Waals surface area contributed by atoms with Gasteiger partial charge in [0.15, 0.2) is 17.5 Å². The van der Waals surface area contributed by atoms with E-state index in [-0.39, 0.29) is 0 Å². The fourth-order valence-electron chi connectivity index (χ4n) is 11.9. The molecule has 77 heavy (non-hydrogen) atoms. The molecule has 0 unspecified atom stereocenters. The number of furan rings is 4. The van der Waals surface area contributed by atoms with Crippen molar-refractivity contribution < 1.29 is 17.7 Å². The third-order valence-corrected chi connectivity index (χ3v) is 15.4. The summed E-state index contributed by atoms with van der Waals surface area (Å²) < 4.78 is 28.6. The Bertz CT molecular complexity index is 5100. The average molecular weight is 987 g/mol. The van der Waals surface area contributed by atoms with Crippen LogP contribution in [0.15, 0.2) is 248 Å². The van der Waals surface area contributed by atoms with E-state index in [2.05, 4.69) is 168 Å². The fraction of sp³-hybridized carbons (Fsp3) is 0. The number of nitrogens with zero attached hydrogens (tertiary/aromatic N) is 4. The molecule has 358 valence electrons. The van der Waals surface area contributed by atoms with Crippen LogP contribution in [-0.4, -0.2) is 19.5 Å². The minimum absolute atomic E-state index is 0.516. The van der Waals surface area contributed by atoms with Crippen LogP contribution in [0.25, 0.3) is 172 Å². The van der Waals surface area contributed by atoms with Crippen LogP contribution in [0.1, 0.15) is 0 Å². The second kappa shape index (κ2) is 16.0. The van der Waals surface area contributed by atoms with Crippen LogP contribution in [0.4, 0.5) is 0 Å². The van der Waals surface area contributed by atoms with Gasteiger partial charge in [0.25, 0.3) is 0 Å². The zero-order chi connectivity index (χ0) is 50.3. The number of para-hydroxylation sites is 4. The van der Waals surface area contributed by atoms with Crippen LogP contribution >= 0.6 is 0 Å². The molecular formula is C69H38N4O4. The van der Waals surface area contributed by atoms with Crippen molar-refractivity contribution in [1.82, 2.24) is 19.5 Å². The van der Waals surface area contributed by atoms with Crippen LogP contribution in [-0.2, 0) is 0 Å². The van der Waals surface area contributed by atoms with E-state index in [1.165, 1.54) is 0 Å². The quantitative estimate of drug-likeness (QED) is 0.164. The van der Waals surface area contributed by atoms with E-state index >= 15 is 0 Å². The lowest BCUT2D eigenvalue weighted by molar-refractivity contribution is 0.658. The smallest absolute Gasteiger partial charge is 0.164 e. The number of fused-ring (bicyclic) bond motifs is 16. The Balaban J connectivity index is 0.933. The first-order chi connectivity index (χ1) is 38.1. The Morgan fingerprint density at radius 2 is 0.688 bits per heavy atom. The minimum atomic E-state index is 0.516. The van der Waals surface area contributed by atoms with Gasteiger partial charge in [0.2, 0.25) is 0 Å². The summed E-state index contributed by atoms with van der Waals surface area (Å²) in [6.45, 7) is 0. The van der Waals surface area contributed by atoms with Gasteiger partial charge in [0, 0.05) is 82.4 Å². The van der Waals surface area contributed by atoms with Crippen LogP contribution in [0.2, 0.25) is 0 Å². The highest BCUT2D eigenvalue weighted by molar-refractivity contribution is 6.26. The van der Waals surface area contributed by atoms with E-state index in [0.717, 1.165) is 154 Å². The van der Waals surface area contributed by atoms with Gasteiger partial charge in [-0.25, -0.2) is 15.0 Å². The Morgan fingerprint density at radius 3 is 1.26 bits per heavy atom. The van der Waals surface area contributed by atoms with Crippen molar-refractivity contribution in [3.63, 3.8) is 0 Å². The standard InChI is InChI=1S/C69H38N4O4/c1-3-15-39(16-4-1)51-33-43(69-71-67(41-27-29-47-44-19-8-12-24-57(44)74-60(47)35-41)70-68(72-69)42-28-30-48-45-20-9-13-25-58(45)75-61(48)36-42)34-52(40-17-5-2-6-18-40)65(51)73-55-23-11-7-22-50(55)64-56(73)32-31-49-54-37-53-46-21-10-14-26-59(46)76-62(53)38-63(54)77-66(49)64/h1-38H. The van der Waals surface area contributed by atoms with Crippen molar-refractivity contribution in [3.8, 4) is 62.1 Å². The summed E-state index contributed by atoms with van der Waals surface area (Å²) in [4.78, 5) is 16.0. The molecule has 0 spiro atoms. The van der Waals surface area contributed by atoms with Gasteiger partial charge in [-0.2, -0.15) is 0 Å². The third-order valence-electron chi connectivity index (χ3n) is 15.4. The van der Waals surface area contributed by atoms with Crippen LogP contribution < -0.4 is 0 Å². The molecule has 8 heteroatoms. The molecule has 0 aliphatic carbocycles. The summed E-state index contributed by atoms with van der Waals surface area (Å²) in [6, 6.07) is 79.9. The molecule has 0 aliphatic heterocycles. The summed E-state index contributed by atoms with van der Waals surface area (Å²) in [5, 5.41) is 10.5. The highest BCUT2D eigenvalue weighted by Gasteiger charge is 2.26. The fourth-order valence-corrected chi connectivity index (χ4v) is 11.9. The van der Waals surface area contributed by atoms with E-state index in [1.807, 2.05) is 66.7 Å². The normalized spacial score (nSPS) is 12.2. The molecule has 0 fully saturated rings. The van der Waals surface area contributed by atoms with E-state index in [1.54, 1.807) is 0 Å². The molecule has 8 nitrogen and oxygen atoms in total. The van der Waals surface area contributed by atoms with Crippen LogP contribution in [0.5, 0.6) is 0 Å². The highest BCUT2D eigenvalue weighted by atomic mass is 16.3. The van der Waals surface area contributed by atoms with Gasteiger partial charge in [0.1, 0.15) is 44.7 Å². The van der Waals surface area contributed by atoms with Crippen molar-refractivity contribution in [2.45, 2.75) is 0 Å². The zero-order valence-corrected chi connectivity index (χ0v) is 40.9. The summed E-state index contributed by atoms with van der Waals surface area (Å²) in [6.07, 6.45) is 0. The molecule has 0 aliphatic rings. The monoisotopic (exact) mass is 986 g/mol. The van der Waals surface area contributed by atoms with Crippen LogP contribution in [0.3, 0.4) is 0 Å². The molecule has 11 aromatic carbocycles. The molecule has 6 aromatic heterocycles. The molecule has 0 N–H and O–H groups in total. The van der Waals surface area contributed by atoms with E-state index in [0.29, 0.717) is 17.5 Å². The van der Waals surface area contributed by atoms with Gasteiger partial charge in [-0.15, -0.1) is 0 Å². The van der Waals surface area contributed by atoms with Crippen molar-refractivity contribution in [1.29, 1.82) is 0 Å². The highest BCUT2D eigenvalue weighted by Crippen LogP contribution is 2.47. The summed E-state index contributed by atoms with van der Waals surface area (Å²) >= 11 is 0. The van der Waals surface area contributed by atoms with E-state index in [9.17, 15) is 0 Å². The second-order valence-corrected chi connectivity index (χ2v) is 19.8. The molecule has 0 radical (unpaired) electrons. The lowest BCUT2D eigenvalue weighted by atomic mass is 9.92.